The highest BCUT2D eigenvalue weighted by atomic mass is 16.4. The molecule has 1 aromatic heterocycles. The molecule has 0 saturated heterocycles. The van der Waals surface area contributed by atoms with Crippen LogP contribution in [0.15, 0.2) is 29.2 Å². The highest BCUT2D eigenvalue weighted by molar-refractivity contribution is 5.92. The normalized spacial score (nSPS) is 13.7. The number of carboxylic acid groups (broad SMARTS) is 1. The lowest BCUT2D eigenvalue weighted by Gasteiger charge is -2.17. The van der Waals surface area contributed by atoms with Crippen LogP contribution in [0.1, 0.15) is 28.4 Å². The molecule has 6 N–H and O–H groups in total. The number of carbonyl (C=O) groups excluding carboxylic acids is 1. The van der Waals surface area contributed by atoms with Gasteiger partial charge in [-0.2, -0.15) is 0 Å². The molecule has 1 amide bonds. The molecule has 2 atom stereocenters. The number of rotatable bonds is 5. The topological polar surface area (TPSA) is 154 Å². The van der Waals surface area contributed by atoms with Crippen LogP contribution in [0, 0.1) is 0 Å². The monoisotopic (exact) mass is 306 g/mol. The summed E-state index contributed by atoms with van der Waals surface area (Å²) in [5, 5.41) is 28.7. The van der Waals surface area contributed by atoms with E-state index in [1.807, 2.05) is 0 Å². The Morgan fingerprint density at radius 1 is 1.27 bits per heavy atom. The molecule has 22 heavy (non-hydrogen) atoms. The number of benzene rings is 1. The number of aliphatic hydroxyl groups excluding tert-OH is 2. The molecule has 8 heteroatoms. The zero-order valence-corrected chi connectivity index (χ0v) is 11.3. The van der Waals surface area contributed by atoms with Crippen molar-refractivity contribution < 1.29 is 24.9 Å². The van der Waals surface area contributed by atoms with Gasteiger partial charge in [-0.15, -0.1) is 0 Å². The van der Waals surface area contributed by atoms with Crippen LogP contribution in [0.4, 0.5) is 0 Å². The number of H-pyrrole nitrogens is 1. The van der Waals surface area contributed by atoms with Gasteiger partial charge in [0.25, 0.3) is 0 Å². The van der Waals surface area contributed by atoms with Crippen molar-refractivity contribution in [2.75, 3.05) is 0 Å². The fraction of sp³-hybridized carbons (Fsp3) is 0.214. The minimum absolute atomic E-state index is 0.139. The minimum Gasteiger partial charge on any atom is -0.477 e. The van der Waals surface area contributed by atoms with Crippen molar-refractivity contribution in [3.8, 4) is 0 Å². The van der Waals surface area contributed by atoms with E-state index >= 15 is 0 Å². The fourth-order valence-electron chi connectivity index (χ4n) is 2.12. The van der Waals surface area contributed by atoms with E-state index < -0.39 is 41.5 Å². The lowest BCUT2D eigenvalue weighted by Crippen LogP contribution is -2.25. The van der Waals surface area contributed by atoms with Gasteiger partial charge in [0.15, 0.2) is 0 Å². The zero-order chi connectivity index (χ0) is 16.4. The summed E-state index contributed by atoms with van der Waals surface area (Å²) in [7, 11) is 0. The van der Waals surface area contributed by atoms with E-state index in [-0.39, 0.29) is 10.9 Å². The molecule has 2 unspecified atom stereocenters. The summed E-state index contributed by atoms with van der Waals surface area (Å²) < 4.78 is 0. The third kappa shape index (κ3) is 2.97. The van der Waals surface area contributed by atoms with E-state index in [0.29, 0.717) is 5.52 Å². The van der Waals surface area contributed by atoms with Crippen molar-refractivity contribution in [3.63, 3.8) is 0 Å². The number of pyridine rings is 1. The molecule has 1 heterocycles. The molecular formula is C14H14N2O6. The van der Waals surface area contributed by atoms with Crippen LogP contribution in [0.5, 0.6) is 0 Å². The van der Waals surface area contributed by atoms with Gasteiger partial charge in [0.1, 0.15) is 11.7 Å². The molecule has 0 spiro atoms. The maximum Gasteiger partial charge on any atom is 0.341 e. The Morgan fingerprint density at radius 2 is 1.95 bits per heavy atom. The molecule has 0 aliphatic rings. The number of aromatic nitrogens is 1. The van der Waals surface area contributed by atoms with E-state index in [4.69, 9.17) is 10.8 Å². The van der Waals surface area contributed by atoms with Crippen molar-refractivity contribution in [2.45, 2.75) is 18.6 Å². The smallest absolute Gasteiger partial charge is 0.341 e. The Labute approximate surface area is 123 Å². The molecule has 2 aromatic rings. The summed E-state index contributed by atoms with van der Waals surface area (Å²) in [6, 6.07) is 4.12. The maximum absolute atomic E-state index is 12.0. The number of amides is 1. The van der Waals surface area contributed by atoms with E-state index in [0.717, 1.165) is 6.20 Å². The van der Waals surface area contributed by atoms with Crippen LogP contribution < -0.4 is 11.2 Å². The van der Waals surface area contributed by atoms with E-state index in [1.165, 1.54) is 18.2 Å². The molecule has 0 fully saturated rings. The van der Waals surface area contributed by atoms with E-state index in [2.05, 4.69) is 4.98 Å². The Hall–Kier alpha value is -2.71. The first kappa shape index (κ1) is 15.7. The van der Waals surface area contributed by atoms with Gasteiger partial charge >= 0.3 is 5.97 Å². The molecule has 0 radical (unpaired) electrons. The Morgan fingerprint density at radius 3 is 2.55 bits per heavy atom. The Kier molecular flexibility index (Phi) is 4.25. The van der Waals surface area contributed by atoms with Crippen LogP contribution in [0.2, 0.25) is 0 Å². The van der Waals surface area contributed by atoms with Gasteiger partial charge in [0.2, 0.25) is 11.3 Å². The third-order valence-electron chi connectivity index (χ3n) is 3.25. The summed E-state index contributed by atoms with van der Waals surface area (Å²) in [6.07, 6.45) is -2.09. The minimum atomic E-state index is -1.38. The second-order valence-corrected chi connectivity index (χ2v) is 4.82. The van der Waals surface area contributed by atoms with Crippen molar-refractivity contribution >= 4 is 22.8 Å². The van der Waals surface area contributed by atoms with Gasteiger partial charge in [0.05, 0.1) is 12.5 Å². The molecule has 0 saturated carbocycles. The van der Waals surface area contributed by atoms with Crippen molar-refractivity contribution in [1.82, 2.24) is 4.98 Å². The average Bonchev–Trinajstić information content (AvgIpc) is 2.45. The van der Waals surface area contributed by atoms with E-state index in [1.54, 1.807) is 0 Å². The number of hydrogen-bond donors (Lipinski definition) is 5. The van der Waals surface area contributed by atoms with Crippen LogP contribution in [0.3, 0.4) is 0 Å². The summed E-state index contributed by atoms with van der Waals surface area (Å²) in [5.41, 5.74) is 4.47. The maximum atomic E-state index is 12.0. The molecule has 1 aromatic carbocycles. The standard InChI is InChI=1S/C14H14N2O6/c15-11(18)4-10(17)12(19)6-1-2-7-9(3-6)16-5-8(13(7)20)14(21)22/h1-3,5,10,12,17,19H,4H2,(H2,15,18)(H,16,20)(H,21,22). The third-order valence-corrected chi connectivity index (χ3v) is 3.25. The van der Waals surface area contributed by atoms with Crippen molar-refractivity contribution in [1.29, 1.82) is 0 Å². The summed E-state index contributed by atoms with van der Waals surface area (Å²) in [6.45, 7) is 0. The van der Waals surface area contributed by atoms with Gasteiger partial charge in [0, 0.05) is 17.1 Å². The predicted molar refractivity (Wildman–Crippen MR) is 76.3 cm³/mol. The molecule has 0 aliphatic carbocycles. The van der Waals surface area contributed by atoms with Gasteiger partial charge in [-0.1, -0.05) is 6.07 Å². The first-order valence-electron chi connectivity index (χ1n) is 6.34. The van der Waals surface area contributed by atoms with Crippen LogP contribution in [-0.4, -0.2) is 38.3 Å². The molecule has 0 bridgehead atoms. The Bertz CT molecular complexity index is 798. The lowest BCUT2D eigenvalue weighted by molar-refractivity contribution is -0.121. The van der Waals surface area contributed by atoms with Gasteiger partial charge < -0.3 is 26.0 Å². The highest BCUT2D eigenvalue weighted by Gasteiger charge is 2.21. The molecule has 8 nitrogen and oxygen atoms in total. The van der Waals surface area contributed by atoms with Crippen LogP contribution in [-0.2, 0) is 4.79 Å². The zero-order valence-electron chi connectivity index (χ0n) is 11.3. The molecule has 2 rings (SSSR count). The Balaban J connectivity index is 2.44. The average molecular weight is 306 g/mol. The quantitative estimate of drug-likeness (QED) is 0.501. The number of hydrogen-bond acceptors (Lipinski definition) is 5. The van der Waals surface area contributed by atoms with Crippen LogP contribution >= 0.6 is 0 Å². The number of primary amides is 1. The lowest BCUT2D eigenvalue weighted by atomic mass is 10.00. The first-order valence-corrected chi connectivity index (χ1v) is 6.34. The number of carboxylic acids is 1. The number of aromatic amines is 1. The molecule has 0 aliphatic heterocycles. The number of carbonyl (C=O) groups is 2. The second kappa shape index (κ2) is 5.96. The fourth-order valence-corrected chi connectivity index (χ4v) is 2.12. The number of aromatic carboxylic acids is 1. The second-order valence-electron chi connectivity index (χ2n) is 4.82. The molecule has 116 valence electrons. The van der Waals surface area contributed by atoms with Gasteiger partial charge in [-0.05, 0) is 17.7 Å². The molecular weight excluding hydrogens is 292 g/mol. The number of nitrogens with one attached hydrogen (secondary N) is 1. The first-order chi connectivity index (χ1) is 10.3. The SMILES string of the molecule is NC(=O)CC(O)C(O)c1ccc2c(=O)c(C(=O)O)c[nH]c2c1. The number of aliphatic hydroxyl groups is 2. The predicted octanol–water partition coefficient (Wildman–Crippen LogP) is -0.504. The summed E-state index contributed by atoms with van der Waals surface area (Å²) in [5.74, 6) is -2.10. The number of fused-ring (bicyclic) bond motifs is 1. The van der Waals surface area contributed by atoms with Gasteiger partial charge in [-0.3, -0.25) is 9.59 Å². The van der Waals surface area contributed by atoms with Crippen molar-refractivity contribution in [3.05, 3.63) is 45.7 Å². The van der Waals surface area contributed by atoms with Gasteiger partial charge in [-0.25, -0.2) is 4.79 Å². The summed E-state index contributed by atoms with van der Waals surface area (Å²) >= 11 is 0. The highest BCUT2D eigenvalue weighted by Crippen LogP contribution is 2.21. The van der Waals surface area contributed by atoms with Crippen molar-refractivity contribution in [2.24, 2.45) is 5.73 Å². The largest absolute Gasteiger partial charge is 0.477 e. The summed E-state index contributed by atoms with van der Waals surface area (Å²) in [4.78, 5) is 36.3. The van der Waals surface area contributed by atoms with Crippen LogP contribution in [0.25, 0.3) is 10.9 Å². The number of nitrogens with two attached hydrogens (primary N) is 1. The van der Waals surface area contributed by atoms with E-state index in [9.17, 15) is 24.6 Å².